The number of aryl methyl sites for hydroxylation is 1. The molecule has 2 rings (SSSR count). The second-order valence-corrected chi connectivity index (χ2v) is 5.93. The van der Waals surface area contributed by atoms with E-state index in [1.54, 1.807) is 0 Å². The largest absolute Gasteiger partial charge is 0.481 e. The smallest absolute Gasteiger partial charge is 0.307 e. The maximum Gasteiger partial charge on any atom is 0.307 e. The standard InChI is InChI=1S/C13H18N2O3S/c1-7-6-19-12(14-7)8(2)15-11(16)9-4-3-5-10(9)13(17)18/h6,8-10H,3-5H2,1-2H3,(H,15,16)(H,17,18)/t8?,9-,10+/m1/s1. The molecule has 104 valence electrons. The van der Waals surface area contributed by atoms with Crippen molar-refractivity contribution in [3.63, 3.8) is 0 Å². The Hall–Kier alpha value is -1.43. The van der Waals surface area contributed by atoms with Gasteiger partial charge >= 0.3 is 5.97 Å². The summed E-state index contributed by atoms with van der Waals surface area (Å²) in [5.41, 5.74) is 0.936. The fourth-order valence-corrected chi connectivity index (χ4v) is 3.33. The van der Waals surface area contributed by atoms with Crippen LogP contribution < -0.4 is 5.32 Å². The molecule has 5 nitrogen and oxygen atoms in total. The van der Waals surface area contributed by atoms with Gasteiger partial charge in [-0.3, -0.25) is 9.59 Å². The first-order chi connectivity index (χ1) is 8.99. The molecule has 1 aliphatic carbocycles. The number of hydrogen-bond acceptors (Lipinski definition) is 4. The van der Waals surface area contributed by atoms with E-state index >= 15 is 0 Å². The van der Waals surface area contributed by atoms with Crippen molar-refractivity contribution in [1.82, 2.24) is 10.3 Å². The summed E-state index contributed by atoms with van der Waals surface area (Å²) in [5.74, 6) is -1.97. The molecule has 0 aliphatic heterocycles. The lowest BCUT2D eigenvalue weighted by molar-refractivity contribution is -0.146. The van der Waals surface area contributed by atoms with E-state index in [1.165, 1.54) is 11.3 Å². The molecule has 0 bridgehead atoms. The number of carbonyl (C=O) groups is 2. The van der Waals surface area contributed by atoms with E-state index in [1.807, 2.05) is 19.2 Å². The fraction of sp³-hybridized carbons (Fsp3) is 0.615. The highest BCUT2D eigenvalue weighted by molar-refractivity contribution is 7.09. The molecule has 1 aliphatic rings. The molecule has 0 radical (unpaired) electrons. The molecule has 1 heterocycles. The van der Waals surface area contributed by atoms with Crippen molar-refractivity contribution in [2.45, 2.75) is 39.2 Å². The molecule has 19 heavy (non-hydrogen) atoms. The number of aliphatic carboxylic acids is 1. The van der Waals surface area contributed by atoms with Gasteiger partial charge < -0.3 is 10.4 Å². The molecule has 0 aromatic carbocycles. The van der Waals surface area contributed by atoms with E-state index in [-0.39, 0.29) is 11.9 Å². The highest BCUT2D eigenvalue weighted by Gasteiger charge is 2.38. The number of aromatic nitrogens is 1. The Morgan fingerprint density at radius 3 is 2.74 bits per heavy atom. The van der Waals surface area contributed by atoms with Gasteiger partial charge in [0.1, 0.15) is 5.01 Å². The number of carbonyl (C=O) groups excluding carboxylic acids is 1. The van der Waals surface area contributed by atoms with Gasteiger partial charge in [-0.2, -0.15) is 0 Å². The van der Waals surface area contributed by atoms with Crippen LogP contribution in [0.5, 0.6) is 0 Å². The predicted octanol–water partition coefficient (Wildman–Crippen LogP) is 2.13. The minimum Gasteiger partial charge on any atom is -0.481 e. The molecule has 0 spiro atoms. The van der Waals surface area contributed by atoms with Crippen LogP contribution >= 0.6 is 11.3 Å². The van der Waals surface area contributed by atoms with Gasteiger partial charge in [-0.05, 0) is 26.7 Å². The number of amides is 1. The van der Waals surface area contributed by atoms with Gasteiger partial charge in [-0.15, -0.1) is 11.3 Å². The summed E-state index contributed by atoms with van der Waals surface area (Å²) in [4.78, 5) is 27.6. The average molecular weight is 282 g/mol. The molecule has 0 saturated heterocycles. The van der Waals surface area contributed by atoms with Gasteiger partial charge in [0.2, 0.25) is 5.91 Å². The van der Waals surface area contributed by atoms with Crippen LogP contribution in [0.2, 0.25) is 0 Å². The third-order valence-corrected chi connectivity index (χ3v) is 4.68. The van der Waals surface area contributed by atoms with Gasteiger partial charge in [0.05, 0.1) is 17.9 Å². The fourth-order valence-electron chi connectivity index (χ4n) is 2.52. The lowest BCUT2D eigenvalue weighted by Gasteiger charge is -2.18. The monoisotopic (exact) mass is 282 g/mol. The van der Waals surface area contributed by atoms with Gasteiger partial charge in [0, 0.05) is 11.1 Å². The summed E-state index contributed by atoms with van der Waals surface area (Å²) in [6.45, 7) is 3.78. The van der Waals surface area contributed by atoms with E-state index in [4.69, 9.17) is 5.11 Å². The summed E-state index contributed by atoms with van der Waals surface area (Å²) >= 11 is 1.51. The van der Waals surface area contributed by atoms with Crippen molar-refractivity contribution >= 4 is 23.2 Å². The molecular formula is C13H18N2O3S. The van der Waals surface area contributed by atoms with Crippen LogP contribution in [0.1, 0.15) is 42.9 Å². The topological polar surface area (TPSA) is 79.3 Å². The van der Waals surface area contributed by atoms with Crippen molar-refractivity contribution in [1.29, 1.82) is 0 Å². The molecule has 1 aromatic heterocycles. The van der Waals surface area contributed by atoms with Gasteiger partial charge in [0.25, 0.3) is 0 Å². The lowest BCUT2D eigenvalue weighted by Crippen LogP contribution is -2.36. The van der Waals surface area contributed by atoms with Gasteiger partial charge in [0.15, 0.2) is 0 Å². The van der Waals surface area contributed by atoms with E-state index in [2.05, 4.69) is 10.3 Å². The summed E-state index contributed by atoms with van der Waals surface area (Å²) in [6, 6.07) is -0.166. The molecule has 6 heteroatoms. The summed E-state index contributed by atoms with van der Waals surface area (Å²) in [6.07, 6.45) is 2.06. The maximum atomic E-state index is 12.2. The van der Waals surface area contributed by atoms with Crippen molar-refractivity contribution in [2.75, 3.05) is 0 Å². The summed E-state index contributed by atoms with van der Waals surface area (Å²) in [5, 5.41) is 14.8. The normalized spacial score (nSPS) is 24.1. The highest BCUT2D eigenvalue weighted by atomic mass is 32.1. The Bertz CT molecular complexity index is 486. The number of carboxylic acid groups (broad SMARTS) is 1. The molecular weight excluding hydrogens is 264 g/mol. The third kappa shape index (κ3) is 3.12. The zero-order chi connectivity index (χ0) is 14.0. The second kappa shape index (κ2) is 5.69. The molecule has 1 amide bonds. The second-order valence-electron chi connectivity index (χ2n) is 5.04. The number of hydrogen-bond donors (Lipinski definition) is 2. The molecule has 2 N–H and O–H groups in total. The van der Waals surface area contributed by atoms with Crippen molar-refractivity contribution in [3.05, 3.63) is 16.1 Å². The average Bonchev–Trinajstić information content (AvgIpc) is 2.96. The van der Waals surface area contributed by atoms with Crippen LogP contribution in [0.3, 0.4) is 0 Å². The Kier molecular flexibility index (Phi) is 4.19. The zero-order valence-corrected chi connectivity index (χ0v) is 11.9. The summed E-state index contributed by atoms with van der Waals surface area (Å²) in [7, 11) is 0. The Morgan fingerprint density at radius 2 is 2.16 bits per heavy atom. The zero-order valence-electron chi connectivity index (χ0n) is 11.0. The first-order valence-corrected chi connectivity index (χ1v) is 7.32. The van der Waals surface area contributed by atoms with Crippen LogP contribution in [0.4, 0.5) is 0 Å². The first kappa shape index (κ1) is 14.0. The number of carboxylic acids is 1. The van der Waals surface area contributed by atoms with Gasteiger partial charge in [-0.1, -0.05) is 6.42 Å². The van der Waals surface area contributed by atoms with E-state index in [9.17, 15) is 9.59 Å². The van der Waals surface area contributed by atoms with Crippen molar-refractivity contribution in [3.8, 4) is 0 Å². The van der Waals surface area contributed by atoms with Crippen LogP contribution in [0.15, 0.2) is 5.38 Å². The van der Waals surface area contributed by atoms with Crippen LogP contribution in [0.25, 0.3) is 0 Å². The first-order valence-electron chi connectivity index (χ1n) is 6.44. The number of thiazole rings is 1. The SMILES string of the molecule is Cc1csc(C(C)NC(=O)[C@@H]2CCC[C@@H]2C(=O)O)n1. The molecule has 1 fully saturated rings. The molecule has 1 saturated carbocycles. The van der Waals surface area contributed by atoms with E-state index in [0.29, 0.717) is 12.8 Å². The maximum absolute atomic E-state index is 12.2. The Labute approximate surface area is 116 Å². The predicted molar refractivity (Wildman–Crippen MR) is 71.9 cm³/mol. The molecule has 3 atom stereocenters. The number of rotatable bonds is 4. The number of nitrogens with one attached hydrogen (secondary N) is 1. The minimum atomic E-state index is -0.865. The Morgan fingerprint density at radius 1 is 1.47 bits per heavy atom. The Balaban J connectivity index is 1.99. The summed E-state index contributed by atoms with van der Waals surface area (Å²) < 4.78 is 0. The van der Waals surface area contributed by atoms with Crippen LogP contribution in [0, 0.1) is 18.8 Å². The van der Waals surface area contributed by atoms with Crippen molar-refractivity contribution < 1.29 is 14.7 Å². The van der Waals surface area contributed by atoms with E-state index < -0.39 is 17.8 Å². The minimum absolute atomic E-state index is 0.162. The lowest BCUT2D eigenvalue weighted by atomic mass is 9.95. The molecule has 1 aromatic rings. The molecule has 1 unspecified atom stereocenters. The van der Waals surface area contributed by atoms with Crippen LogP contribution in [-0.4, -0.2) is 22.0 Å². The quantitative estimate of drug-likeness (QED) is 0.886. The van der Waals surface area contributed by atoms with Gasteiger partial charge in [-0.25, -0.2) is 4.98 Å². The number of nitrogens with zero attached hydrogens (tertiary/aromatic N) is 1. The highest BCUT2D eigenvalue weighted by Crippen LogP contribution is 2.32. The van der Waals surface area contributed by atoms with Crippen molar-refractivity contribution in [2.24, 2.45) is 11.8 Å². The third-order valence-electron chi connectivity index (χ3n) is 3.54. The van der Waals surface area contributed by atoms with Crippen LogP contribution in [-0.2, 0) is 9.59 Å². The van der Waals surface area contributed by atoms with E-state index in [0.717, 1.165) is 17.1 Å².